The Morgan fingerprint density at radius 2 is 1.95 bits per heavy atom. The molecular weight excluding hydrogens is 232 g/mol. The topological polar surface area (TPSA) is 29.3 Å². The van der Waals surface area contributed by atoms with Gasteiger partial charge in [-0.3, -0.25) is 4.90 Å². The molecule has 1 heterocycles. The lowest BCUT2D eigenvalue weighted by Crippen LogP contribution is -2.44. The summed E-state index contributed by atoms with van der Waals surface area (Å²) >= 11 is 0. The molecule has 0 saturated carbocycles. The van der Waals surface area contributed by atoms with Gasteiger partial charge in [0.25, 0.3) is 0 Å². The fraction of sp³-hybridized carbons (Fsp3) is 0.647. The molecule has 2 heteroatoms. The number of nitrogens with two attached hydrogens (primary N) is 1. The van der Waals surface area contributed by atoms with E-state index in [1.54, 1.807) is 0 Å². The summed E-state index contributed by atoms with van der Waals surface area (Å²) in [7, 11) is 0. The van der Waals surface area contributed by atoms with Crippen LogP contribution in [0.4, 0.5) is 0 Å². The van der Waals surface area contributed by atoms with Crippen LogP contribution in [0, 0.1) is 5.92 Å². The van der Waals surface area contributed by atoms with E-state index in [-0.39, 0.29) is 0 Å². The highest BCUT2D eigenvalue weighted by atomic mass is 15.2. The van der Waals surface area contributed by atoms with Gasteiger partial charge >= 0.3 is 0 Å². The van der Waals surface area contributed by atoms with Crippen molar-refractivity contribution in [1.82, 2.24) is 4.90 Å². The monoisotopic (exact) mass is 260 g/mol. The minimum atomic E-state index is 0.496. The first kappa shape index (κ1) is 14.5. The lowest BCUT2D eigenvalue weighted by Gasteiger charge is -2.41. The molecule has 106 valence electrons. The van der Waals surface area contributed by atoms with E-state index < -0.39 is 0 Å². The maximum atomic E-state index is 5.86. The van der Waals surface area contributed by atoms with E-state index in [0.717, 1.165) is 19.5 Å². The Balaban J connectivity index is 2.09. The molecule has 1 aromatic rings. The van der Waals surface area contributed by atoms with Gasteiger partial charge in [-0.25, -0.2) is 0 Å². The summed E-state index contributed by atoms with van der Waals surface area (Å²) in [5, 5.41) is 0. The first-order chi connectivity index (χ1) is 9.15. The lowest BCUT2D eigenvalue weighted by molar-refractivity contribution is 0.0812. The summed E-state index contributed by atoms with van der Waals surface area (Å²) in [6.45, 7) is 8.86. The summed E-state index contributed by atoms with van der Waals surface area (Å²) in [5.74, 6) is 0.675. The summed E-state index contributed by atoms with van der Waals surface area (Å²) in [5.41, 5.74) is 8.71. The van der Waals surface area contributed by atoms with Gasteiger partial charge in [0.1, 0.15) is 0 Å². The van der Waals surface area contributed by atoms with E-state index in [2.05, 4.69) is 49.9 Å². The van der Waals surface area contributed by atoms with Crippen molar-refractivity contribution in [2.45, 2.75) is 52.1 Å². The summed E-state index contributed by atoms with van der Waals surface area (Å²) in [6.07, 6.45) is 3.68. The van der Waals surface area contributed by atoms with Crippen LogP contribution in [0.3, 0.4) is 0 Å². The Morgan fingerprint density at radius 3 is 2.53 bits per heavy atom. The number of hydrogen-bond donors (Lipinski definition) is 1. The van der Waals surface area contributed by atoms with Crippen LogP contribution < -0.4 is 5.73 Å². The fourth-order valence-corrected chi connectivity index (χ4v) is 3.17. The second-order valence-electron chi connectivity index (χ2n) is 6.00. The van der Waals surface area contributed by atoms with E-state index in [1.807, 2.05) is 0 Å². The molecule has 0 radical (unpaired) electrons. The van der Waals surface area contributed by atoms with E-state index in [1.165, 1.54) is 24.0 Å². The molecule has 1 saturated heterocycles. The zero-order valence-electron chi connectivity index (χ0n) is 12.6. The Hall–Kier alpha value is -0.860. The Kier molecular flexibility index (Phi) is 5.00. The van der Waals surface area contributed by atoms with Crippen molar-refractivity contribution in [3.8, 4) is 0 Å². The first-order valence-corrected chi connectivity index (χ1v) is 7.70. The third-order valence-corrected chi connectivity index (χ3v) is 4.73. The number of benzene rings is 1. The van der Waals surface area contributed by atoms with Crippen molar-refractivity contribution in [2.75, 3.05) is 13.1 Å². The van der Waals surface area contributed by atoms with Crippen LogP contribution in [0.15, 0.2) is 24.3 Å². The van der Waals surface area contributed by atoms with Crippen LogP contribution >= 0.6 is 0 Å². The predicted molar refractivity (Wildman–Crippen MR) is 82.2 cm³/mol. The maximum Gasteiger partial charge on any atom is 0.0322 e. The van der Waals surface area contributed by atoms with Gasteiger partial charge in [0.05, 0.1) is 0 Å². The molecule has 3 atom stereocenters. The van der Waals surface area contributed by atoms with Crippen LogP contribution in [0.25, 0.3) is 0 Å². The second-order valence-corrected chi connectivity index (χ2v) is 6.00. The number of nitrogens with zero attached hydrogens (tertiary/aromatic N) is 1. The second kappa shape index (κ2) is 6.53. The molecule has 0 aliphatic carbocycles. The molecule has 1 aromatic carbocycles. The smallest absolute Gasteiger partial charge is 0.0322 e. The Bertz CT molecular complexity index is 385. The van der Waals surface area contributed by atoms with Gasteiger partial charge in [-0.15, -0.1) is 0 Å². The molecule has 19 heavy (non-hydrogen) atoms. The number of aryl methyl sites for hydroxylation is 1. The van der Waals surface area contributed by atoms with E-state index in [0.29, 0.717) is 18.0 Å². The minimum absolute atomic E-state index is 0.496. The van der Waals surface area contributed by atoms with Crippen molar-refractivity contribution in [3.05, 3.63) is 35.4 Å². The maximum absolute atomic E-state index is 5.86. The molecule has 1 aliphatic heterocycles. The molecule has 2 N–H and O–H groups in total. The SMILES string of the molecule is CCc1ccc(C(C)N2CC(CN)CCC2C)cc1. The van der Waals surface area contributed by atoms with Crippen molar-refractivity contribution >= 4 is 0 Å². The van der Waals surface area contributed by atoms with Gasteiger partial charge in [0.15, 0.2) is 0 Å². The van der Waals surface area contributed by atoms with Crippen LogP contribution in [-0.2, 0) is 6.42 Å². The summed E-state index contributed by atoms with van der Waals surface area (Å²) < 4.78 is 0. The zero-order chi connectivity index (χ0) is 13.8. The van der Waals surface area contributed by atoms with Crippen LogP contribution in [0.1, 0.15) is 50.8 Å². The molecule has 0 bridgehead atoms. The largest absolute Gasteiger partial charge is 0.330 e. The van der Waals surface area contributed by atoms with Gasteiger partial charge < -0.3 is 5.73 Å². The zero-order valence-corrected chi connectivity index (χ0v) is 12.6. The first-order valence-electron chi connectivity index (χ1n) is 7.70. The van der Waals surface area contributed by atoms with Crippen LogP contribution in [0.2, 0.25) is 0 Å². The number of piperidine rings is 1. The molecular formula is C17H28N2. The Morgan fingerprint density at radius 1 is 1.26 bits per heavy atom. The van der Waals surface area contributed by atoms with Gasteiger partial charge in [0.2, 0.25) is 0 Å². The summed E-state index contributed by atoms with van der Waals surface area (Å²) in [4.78, 5) is 2.63. The van der Waals surface area contributed by atoms with Gasteiger partial charge in [-0.1, -0.05) is 31.2 Å². The molecule has 0 aromatic heterocycles. The number of rotatable bonds is 4. The normalized spacial score (nSPS) is 26.3. The van der Waals surface area contributed by atoms with Crippen LogP contribution in [-0.4, -0.2) is 24.0 Å². The van der Waals surface area contributed by atoms with E-state index in [4.69, 9.17) is 5.73 Å². The average Bonchev–Trinajstić information content (AvgIpc) is 2.47. The fourth-order valence-electron chi connectivity index (χ4n) is 3.17. The highest BCUT2D eigenvalue weighted by Gasteiger charge is 2.28. The van der Waals surface area contributed by atoms with Gasteiger partial charge in [-0.2, -0.15) is 0 Å². The standard InChI is InChI=1S/C17H28N2/c1-4-15-7-9-17(10-8-15)14(3)19-12-16(11-18)6-5-13(19)2/h7-10,13-14,16H,4-6,11-12,18H2,1-3H3. The molecule has 2 rings (SSSR count). The van der Waals surface area contributed by atoms with Gasteiger partial charge in [-0.05, 0) is 56.7 Å². The predicted octanol–water partition coefficient (Wildman–Crippen LogP) is 3.37. The lowest BCUT2D eigenvalue weighted by atomic mass is 9.91. The average molecular weight is 260 g/mol. The quantitative estimate of drug-likeness (QED) is 0.899. The van der Waals surface area contributed by atoms with Crippen molar-refractivity contribution in [3.63, 3.8) is 0 Å². The van der Waals surface area contributed by atoms with E-state index >= 15 is 0 Å². The third-order valence-electron chi connectivity index (χ3n) is 4.73. The molecule has 1 aliphatic rings. The third kappa shape index (κ3) is 3.37. The minimum Gasteiger partial charge on any atom is -0.330 e. The molecule has 0 spiro atoms. The molecule has 1 fully saturated rings. The van der Waals surface area contributed by atoms with Crippen molar-refractivity contribution in [2.24, 2.45) is 11.7 Å². The molecule has 3 unspecified atom stereocenters. The highest BCUT2D eigenvalue weighted by Crippen LogP contribution is 2.30. The number of hydrogen-bond acceptors (Lipinski definition) is 2. The summed E-state index contributed by atoms with van der Waals surface area (Å²) in [6, 6.07) is 10.3. The van der Waals surface area contributed by atoms with E-state index in [9.17, 15) is 0 Å². The van der Waals surface area contributed by atoms with Gasteiger partial charge in [0, 0.05) is 18.6 Å². The molecule has 2 nitrogen and oxygen atoms in total. The van der Waals surface area contributed by atoms with Crippen molar-refractivity contribution < 1.29 is 0 Å². The van der Waals surface area contributed by atoms with Crippen LogP contribution in [0.5, 0.6) is 0 Å². The molecule has 0 amide bonds. The number of likely N-dealkylation sites (tertiary alicyclic amines) is 1. The highest BCUT2D eigenvalue weighted by molar-refractivity contribution is 5.25. The Labute approximate surface area is 118 Å². The van der Waals surface area contributed by atoms with Crippen molar-refractivity contribution in [1.29, 1.82) is 0 Å².